The number of fused-ring (bicyclic) bond motifs is 1. The molecule has 1 aliphatic rings. The average Bonchev–Trinajstić information content (AvgIpc) is 3.09. The van der Waals surface area contributed by atoms with Crippen molar-refractivity contribution in [1.29, 1.82) is 0 Å². The van der Waals surface area contributed by atoms with Crippen LogP contribution in [0.25, 0.3) is 16.6 Å². The van der Waals surface area contributed by atoms with Crippen LogP contribution in [0, 0.1) is 0 Å². The summed E-state index contributed by atoms with van der Waals surface area (Å²) in [7, 11) is 0. The van der Waals surface area contributed by atoms with Crippen LogP contribution in [0.5, 0.6) is 0 Å². The highest BCUT2D eigenvalue weighted by atomic mass is 15.2. The van der Waals surface area contributed by atoms with Gasteiger partial charge in [-0.3, -0.25) is 4.98 Å². The van der Waals surface area contributed by atoms with Gasteiger partial charge >= 0.3 is 0 Å². The lowest BCUT2D eigenvalue weighted by molar-refractivity contribution is 0.588. The minimum Gasteiger partial charge on any atom is -0.367 e. The van der Waals surface area contributed by atoms with E-state index in [2.05, 4.69) is 86.5 Å². The Balaban J connectivity index is 1.77. The number of aromatic nitrogens is 2. The summed E-state index contributed by atoms with van der Waals surface area (Å²) in [6.07, 6.45) is 4.81. The molecule has 4 nitrogen and oxygen atoms in total. The number of nitrogens with zero attached hydrogens (tertiary/aromatic N) is 3. The molecule has 0 spiro atoms. The van der Waals surface area contributed by atoms with Gasteiger partial charge in [-0.2, -0.15) is 0 Å². The third-order valence-corrected chi connectivity index (χ3v) is 5.50. The maximum Gasteiger partial charge on any atom is 0.0736 e. The molecule has 28 heavy (non-hydrogen) atoms. The number of piperazine rings is 1. The molecule has 1 fully saturated rings. The molecule has 0 bridgehead atoms. The Kier molecular flexibility index (Phi) is 4.55. The molecule has 3 heterocycles. The van der Waals surface area contributed by atoms with Crippen LogP contribution in [0.4, 0.5) is 5.69 Å². The molecule has 0 saturated carbocycles. The van der Waals surface area contributed by atoms with Crippen molar-refractivity contribution in [3.05, 3.63) is 90.4 Å². The fraction of sp³-hybridized carbons (Fsp3) is 0.208. The molecular weight excluding hydrogens is 344 g/mol. The van der Waals surface area contributed by atoms with Crippen molar-refractivity contribution >= 4 is 16.6 Å². The highest BCUT2D eigenvalue weighted by molar-refractivity contribution is 5.96. The molecular formula is C24H24N4. The first-order valence-corrected chi connectivity index (χ1v) is 9.94. The van der Waals surface area contributed by atoms with E-state index >= 15 is 0 Å². The number of rotatable bonds is 4. The summed E-state index contributed by atoms with van der Waals surface area (Å²) in [5.74, 6) is 0. The van der Waals surface area contributed by atoms with Crippen molar-refractivity contribution in [1.82, 2.24) is 14.9 Å². The van der Waals surface area contributed by atoms with E-state index in [1.54, 1.807) is 0 Å². The van der Waals surface area contributed by atoms with Gasteiger partial charge < -0.3 is 14.8 Å². The van der Waals surface area contributed by atoms with Crippen molar-refractivity contribution in [3.8, 4) is 5.69 Å². The quantitative estimate of drug-likeness (QED) is 0.590. The Labute approximate surface area is 165 Å². The van der Waals surface area contributed by atoms with Gasteiger partial charge in [0.15, 0.2) is 0 Å². The van der Waals surface area contributed by atoms with Gasteiger partial charge in [-0.1, -0.05) is 48.5 Å². The van der Waals surface area contributed by atoms with Gasteiger partial charge in [0, 0.05) is 49.9 Å². The Morgan fingerprint density at radius 2 is 1.57 bits per heavy atom. The molecule has 0 aliphatic carbocycles. The van der Waals surface area contributed by atoms with E-state index in [4.69, 9.17) is 0 Å². The minimum atomic E-state index is 0.893. The number of hydrogen-bond donors (Lipinski definition) is 1. The summed E-state index contributed by atoms with van der Waals surface area (Å²) in [6, 6.07) is 23.6. The molecule has 5 rings (SSSR count). The second kappa shape index (κ2) is 7.49. The van der Waals surface area contributed by atoms with E-state index in [1.165, 1.54) is 33.5 Å². The lowest BCUT2D eigenvalue weighted by Crippen LogP contribution is -2.43. The van der Waals surface area contributed by atoms with Crippen LogP contribution in [-0.2, 0) is 6.42 Å². The first kappa shape index (κ1) is 17.0. The molecule has 0 radical (unpaired) electrons. The van der Waals surface area contributed by atoms with E-state index in [0.717, 1.165) is 32.6 Å². The van der Waals surface area contributed by atoms with Gasteiger partial charge in [0.1, 0.15) is 0 Å². The normalized spacial score (nSPS) is 14.5. The molecule has 1 saturated heterocycles. The number of nitrogens with one attached hydrogen (secondary N) is 1. The molecule has 0 unspecified atom stereocenters. The molecule has 4 aromatic rings. The molecule has 140 valence electrons. The summed E-state index contributed by atoms with van der Waals surface area (Å²) in [4.78, 5) is 6.99. The van der Waals surface area contributed by atoms with Crippen molar-refractivity contribution < 1.29 is 0 Å². The van der Waals surface area contributed by atoms with Crippen LogP contribution < -0.4 is 10.2 Å². The van der Waals surface area contributed by atoms with E-state index < -0.39 is 0 Å². The van der Waals surface area contributed by atoms with Gasteiger partial charge in [0.2, 0.25) is 0 Å². The van der Waals surface area contributed by atoms with Gasteiger partial charge in [0.25, 0.3) is 0 Å². The second-order valence-electron chi connectivity index (χ2n) is 7.26. The minimum absolute atomic E-state index is 0.893. The summed E-state index contributed by atoms with van der Waals surface area (Å²) < 4.78 is 2.40. The third-order valence-electron chi connectivity index (χ3n) is 5.50. The SMILES string of the molecule is c1ccc(Cc2c(N3CCNCC3)c3ccncc3n2-c2ccccc2)cc1. The Morgan fingerprint density at radius 1 is 0.857 bits per heavy atom. The highest BCUT2D eigenvalue weighted by Crippen LogP contribution is 2.37. The molecule has 4 heteroatoms. The third kappa shape index (κ3) is 3.06. The first-order valence-electron chi connectivity index (χ1n) is 9.94. The number of hydrogen-bond acceptors (Lipinski definition) is 3. The van der Waals surface area contributed by atoms with Crippen molar-refractivity contribution in [2.24, 2.45) is 0 Å². The molecule has 0 atom stereocenters. The van der Waals surface area contributed by atoms with Crippen molar-refractivity contribution in [2.45, 2.75) is 6.42 Å². The number of pyridine rings is 1. The lowest BCUT2D eigenvalue weighted by atomic mass is 10.1. The second-order valence-corrected chi connectivity index (χ2v) is 7.26. The maximum atomic E-state index is 4.45. The van der Waals surface area contributed by atoms with Crippen LogP contribution in [-0.4, -0.2) is 35.7 Å². The zero-order chi connectivity index (χ0) is 18.8. The Bertz CT molecular complexity index is 1060. The lowest BCUT2D eigenvalue weighted by Gasteiger charge is -2.30. The van der Waals surface area contributed by atoms with Crippen molar-refractivity contribution in [3.63, 3.8) is 0 Å². The Morgan fingerprint density at radius 3 is 2.32 bits per heavy atom. The standard InChI is InChI=1S/C24H24N4/c1-3-7-19(8-4-1)17-22-24(27-15-13-25-14-16-27)21-11-12-26-18-23(21)28(22)20-9-5-2-6-10-20/h1-12,18,25H,13-17H2. The van der Waals surface area contributed by atoms with E-state index in [0.29, 0.717) is 0 Å². The summed E-state index contributed by atoms with van der Waals surface area (Å²) >= 11 is 0. The molecule has 0 amide bonds. The number of benzene rings is 2. The van der Waals surface area contributed by atoms with Gasteiger partial charge in [-0.25, -0.2) is 0 Å². The highest BCUT2D eigenvalue weighted by Gasteiger charge is 2.24. The number of para-hydroxylation sites is 1. The van der Waals surface area contributed by atoms with Gasteiger partial charge in [0.05, 0.1) is 23.1 Å². The first-order chi connectivity index (χ1) is 13.9. The van der Waals surface area contributed by atoms with Crippen LogP contribution in [0.15, 0.2) is 79.1 Å². The molecule has 2 aromatic carbocycles. The topological polar surface area (TPSA) is 33.1 Å². The van der Waals surface area contributed by atoms with Gasteiger partial charge in [-0.05, 0) is 23.8 Å². The van der Waals surface area contributed by atoms with Crippen LogP contribution in [0.3, 0.4) is 0 Å². The maximum absolute atomic E-state index is 4.45. The fourth-order valence-electron chi connectivity index (χ4n) is 4.24. The predicted molar refractivity (Wildman–Crippen MR) is 115 cm³/mol. The van der Waals surface area contributed by atoms with E-state index in [1.807, 2.05) is 12.4 Å². The molecule has 1 aliphatic heterocycles. The van der Waals surface area contributed by atoms with Crippen LogP contribution in [0.2, 0.25) is 0 Å². The van der Waals surface area contributed by atoms with E-state index in [9.17, 15) is 0 Å². The zero-order valence-electron chi connectivity index (χ0n) is 15.9. The molecule has 2 aromatic heterocycles. The monoisotopic (exact) mass is 368 g/mol. The largest absolute Gasteiger partial charge is 0.367 e. The predicted octanol–water partition coefficient (Wildman–Crippen LogP) is 4.03. The van der Waals surface area contributed by atoms with Crippen molar-refractivity contribution in [2.75, 3.05) is 31.1 Å². The van der Waals surface area contributed by atoms with Crippen LogP contribution >= 0.6 is 0 Å². The number of anilines is 1. The zero-order valence-corrected chi connectivity index (χ0v) is 15.9. The summed E-state index contributed by atoms with van der Waals surface area (Å²) in [5, 5.41) is 4.76. The Hall–Kier alpha value is -3.11. The summed E-state index contributed by atoms with van der Waals surface area (Å²) in [5.41, 5.74) is 6.38. The van der Waals surface area contributed by atoms with E-state index in [-0.39, 0.29) is 0 Å². The van der Waals surface area contributed by atoms with Crippen LogP contribution in [0.1, 0.15) is 11.3 Å². The van der Waals surface area contributed by atoms with Gasteiger partial charge in [-0.15, -0.1) is 0 Å². The smallest absolute Gasteiger partial charge is 0.0736 e. The summed E-state index contributed by atoms with van der Waals surface area (Å²) in [6.45, 7) is 4.10. The molecule has 1 N–H and O–H groups in total. The fourth-order valence-corrected chi connectivity index (χ4v) is 4.24. The average molecular weight is 368 g/mol.